The Hall–Kier alpha value is -1.80. The van der Waals surface area contributed by atoms with Crippen molar-refractivity contribution in [1.29, 1.82) is 5.26 Å². The predicted octanol–water partition coefficient (Wildman–Crippen LogP) is 3.66. The van der Waals surface area contributed by atoms with Gasteiger partial charge in [0.2, 0.25) is 0 Å². The molecule has 0 atom stereocenters. The standard InChI is InChI=1S/C12H8BrFN2O/c13-10-3-4-17-12(10)7-16-11-2-1-9(14)5-8(11)6-15/h1-5,16H,7H2. The second-order valence-corrected chi connectivity index (χ2v) is 4.20. The largest absolute Gasteiger partial charge is 0.466 e. The van der Waals surface area contributed by atoms with Crippen LogP contribution in [0.3, 0.4) is 0 Å². The second kappa shape index (κ2) is 5.02. The smallest absolute Gasteiger partial charge is 0.136 e. The van der Waals surface area contributed by atoms with E-state index in [1.54, 1.807) is 12.3 Å². The fourth-order valence-electron chi connectivity index (χ4n) is 1.39. The van der Waals surface area contributed by atoms with Crippen LogP contribution >= 0.6 is 15.9 Å². The number of hydrogen-bond donors (Lipinski definition) is 1. The number of nitrogens with one attached hydrogen (secondary N) is 1. The first kappa shape index (κ1) is 11.7. The molecule has 3 nitrogen and oxygen atoms in total. The number of benzene rings is 1. The fraction of sp³-hybridized carbons (Fsp3) is 0.0833. The summed E-state index contributed by atoms with van der Waals surface area (Å²) in [6.07, 6.45) is 1.57. The van der Waals surface area contributed by atoms with E-state index >= 15 is 0 Å². The molecule has 0 spiro atoms. The van der Waals surface area contributed by atoms with E-state index in [9.17, 15) is 4.39 Å². The van der Waals surface area contributed by atoms with Gasteiger partial charge in [-0.3, -0.25) is 0 Å². The fourth-order valence-corrected chi connectivity index (χ4v) is 1.73. The van der Waals surface area contributed by atoms with Crippen molar-refractivity contribution in [3.8, 4) is 6.07 Å². The Kier molecular flexibility index (Phi) is 3.45. The van der Waals surface area contributed by atoms with Crippen molar-refractivity contribution < 1.29 is 8.81 Å². The minimum atomic E-state index is -0.425. The van der Waals surface area contributed by atoms with E-state index < -0.39 is 5.82 Å². The maximum Gasteiger partial charge on any atom is 0.136 e. The first-order valence-corrected chi connectivity index (χ1v) is 5.65. The van der Waals surface area contributed by atoms with Gasteiger partial charge in [0.25, 0.3) is 0 Å². The molecular weight excluding hydrogens is 287 g/mol. The second-order valence-electron chi connectivity index (χ2n) is 3.35. The van der Waals surface area contributed by atoms with Gasteiger partial charge in [-0.25, -0.2) is 4.39 Å². The molecule has 0 radical (unpaired) electrons. The summed E-state index contributed by atoms with van der Waals surface area (Å²) in [5, 5.41) is 11.9. The van der Waals surface area contributed by atoms with Gasteiger partial charge in [-0.05, 0) is 40.2 Å². The molecule has 17 heavy (non-hydrogen) atoms. The lowest BCUT2D eigenvalue weighted by molar-refractivity contribution is 0.516. The molecule has 0 saturated heterocycles. The monoisotopic (exact) mass is 294 g/mol. The Morgan fingerprint density at radius 2 is 2.24 bits per heavy atom. The Morgan fingerprint density at radius 3 is 2.88 bits per heavy atom. The highest BCUT2D eigenvalue weighted by molar-refractivity contribution is 9.10. The Bertz CT molecular complexity index is 574. The van der Waals surface area contributed by atoms with Crippen molar-refractivity contribution in [3.05, 3.63) is 52.1 Å². The van der Waals surface area contributed by atoms with Crippen LogP contribution in [0.25, 0.3) is 0 Å². The molecule has 0 saturated carbocycles. The number of halogens is 2. The quantitative estimate of drug-likeness (QED) is 0.940. The lowest BCUT2D eigenvalue weighted by Crippen LogP contribution is -2.01. The van der Waals surface area contributed by atoms with Gasteiger partial charge in [-0.2, -0.15) is 5.26 Å². The van der Waals surface area contributed by atoms with Crippen molar-refractivity contribution in [2.75, 3.05) is 5.32 Å². The summed E-state index contributed by atoms with van der Waals surface area (Å²) in [5.74, 6) is 0.296. The van der Waals surface area contributed by atoms with Crippen molar-refractivity contribution in [2.24, 2.45) is 0 Å². The zero-order valence-corrected chi connectivity index (χ0v) is 10.3. The molecule has 0 aliphatic heterocycles. The lowest BCUT2D eigenvalue weighted by atomic mass is 10.2. The maximum atomic E-state index is 12.9. The molecule has 1 heterocycles. The number of rotatable bonds is 3. The van der Waals surface area contributed by atoms with Crippen molar-refractivity contribution in [3.63, 3.8) is 0 Å². The average Bonchev–Trinajstić information content (AvgIpc) is 2.73. The summed E-state index contributed by atoms with van der Waals surface area (Å²) >= 11 is 3.33. The molecule has 0 unspecified atom stereocenters. The summed E-state index contributed by atoms with van der Waals surface area (Å²) < 4.78 is 19.0. The molecule has 0 amide bonds. The zero-order chi connectivity index (χ0) is 12.3. The van der Waals surface area contributed by atoms with Gasteiger partial charge in [0.1, 0.15) is 17.6 Å². The van der Waals surface area contributed by atoms with E-state index in [1.165, 1.54) is 18.2 Å². The molecule has 0 fully saturated rings. The van der Waals surface area contributed by atoms with Gasteiger partial charge in [0, 0.05) is 0 Å². The van der Waals surface area contributed by atoms with Crippen LogP contribution in [0.5, 0.6) is 0 Å². The topological polar surface area (TPSA) is 49.0 Å². The number of nitrogens with zero attached hydrogens (tertiary/aromatic N) is 1. The lowest BCUT2D eigenvalue weighted by Gasteiger charge is -2.06. The summed E-state index contributed by atoms with van der Waals surface area (Å²) in [7, 11) is 0. The Labute approximate surface area is 106 Å². The first-order chi connectivity index (χ1) is 8.20. The minimum absolute atomic E-state index is 0.271. The summed E-state index contributed by atoms with van der Waals surface area (Å²) in [6.45, 7) is 0.424. The van der Waals surface area contributed by atoms with Crippen LogP contribution in [0.2, 0.25) is 0 Å². The van der Waals surface area contributed by atoms with Crippen LogP contribution in [0.1, 0.15) is 11.3 Å². The highest BCUT2D eigenvalue weighted by atomic mass is 79.9. The zero-order valence-electron chi connectivity index (χ0n) is 8.71. The van der Waals surface area contributed by atoms with E-state index in [1.807, 2.05) is 6.07 Å². The van der Waals surface area contributed by atoms with Gasteiger partial charge in [-0.1, -0.05) is 0 Å². The Morgan fingerprint density at radius 1 is 1.41 bits per heavy atom. The molecule has 2 rings (SSSR count). The van der Waals surface area contributed by atoms with Crippen LogP contribution in [-0.2, 0) is 6.54 Å². The molecule has 1 aromatic heterocycles. The number of anilines is 1. The van der Waals surface area contributed by atoms with Gasteiger partial charge >= 0.3 is 0 Å². The van der Waals surface area contributed by atoms with E-state index in [4.69, 9.17) is 9.68 Å². The van der Waals surface area contributed by atoms with E-state index in [-0.39, 0.29) is 5.56 Å². The van der Waals surface area contributed by atoms with Gasteiger partial charge in [-0.15, -0.1) is 0 Å². The molecule has 1 N–H and O–H groups in total. The maximum absolute atomic E-state index is 12.9. The number of furan rings is 1. The molecule has 0 aliphatic rings. The Balaban J connectivity index is 2.15. The van der Waals surface area contributed by atoms with Gasteiger partial charge in [0.05, 0.1) is 28.5 Å². The van der Waals surface area contributed by atoms with Gasteiger partial charge < -0.3 is 9.73 Å². The van der Waals surface area contributed by atoms with E-state index in [0.717, 1.165) is 10.2 Å². The average molecular weight is 295 g/mol. The molecular formula is C12H8BrFN2O. The van der Waals surface area contributed by atoms with Crippen LogP contribution in [0.4, 0.5) is 10.1 Å². The van der Waals surface area contributed by atoms with Crippen molar-refractivity contribution >= 4 is 21.6 Å². The van der Waals surface area contributed by atoms with Crippen LogP contribution in [0.15, 0.2) is 39.4 Å². The predicted molar refractivity (Wildman–Crippen MR) is 64.8 cm³/mol. The SMILES string of the molecule is N#Cc1cc(F)ccc1NCc1occc1Br. The third-order valence-corrected chi connectivity index (χ3v) is 2.94. The highest BCUT2D eigenvalue weighted by Crippen LogP contribution is 2.21. The summed E-state index contributed by atoms with van der Waals surface area (Å²) in [6, 6.07) is 7.75. The van der Waals surface area contributed by atoms with Crippen LogP contribution < -0.4 is 5.32 Å². The molecule has 0 bridgehead atoms. The first-order valence-electron chi connectivity index (χ1n) is 4.86. The van der Waals surface area contributed by atoms with Gasteiger partial charge in [0.15, 0.2) is 0 Å². The summed E-state index contributed by atoms with van der Waals surface area (Å²) in [5.41, 5.74) is 0.852. The van der Waals surface area contributed by atoms with Crippen LogP contribution in [0, 0.1) is 17.1 Å². The third-order valence-electron chi connectivity index (χ3n) is 2.23. The van der Waals surface area contributed by atoms with E-state index in [2.05, 4.69) is 21.2 Å². The molecule has 2 aromatic rings. The molecule has 1 aromatic carbocycles. The van der Waals surface area contributed by atoms with Crippen molar-refractivity contribution in [1.82, 2.24) is 0 Å². The van der Waals surface area contributed by atoms with E-state index in [0.29, 0.717) is 12.2 Å². The molecule has 0 aliphatic carbocycles. The van der Waals surface area contributed by atoms with Crippen molar-refractivity contribution in [2.45, 2.75) is 6.54 Å². The minimum Gasteiger partial charge on any atom is -0.466 e. The number of nitriles is 1. The third kappa shape index (κ3) is 2.66. The summed E-state index contributed by atoms with van der Waals surface area (Å²) in [4.78, 5) is 0. The highest BCUT2D eigenvalue weighted by Gasteiger charge is 2.06. The molecule has 86 valence electrons. The number of hydrogen-bond acceptors (Lipinski definition) is 3. The van der Waals surface area contributed by atoms with Crippen LogP contribution in [-0.4, -0.2) is 0 Å². The normalized spacial score (nSPS) is 9.94. The molecule has 5 heteroatoms.